The minimum Gasteiger partial charge on any atom is -0.368 e. The number of primary amides is 1. The minimum atomic E-state index is -0.396. The Labute approximate surface area is 247 Å². The molecular formula is C32H44FN5O4. The number of aryl methyl sites for hydroxylation is 1. The number of amides is 3. The normalized spacial score (nSPS) is 17.3. The molecule has 1 aromatic carbocycles. The number of ketones is 1. The molecule has 0 spiro atoms. The van der Waals surface area contributed by atoms with Crippen molar-refractivity contribution >= 4 is 40.8 Å². The lowest BCUT2D eigenvalue weighted by atomic mass is 10.0. The highest BCUT2D eigenvalue weighted by atomic mass is 19.1. The molecule has 2 aliphatic heterocycles. The van der Waals surface area contributed by atoms with Crippen LogP contribution in [0.2, 0.25) is 0 Å². The molecule has 228 valence electrons. The number of fused-ring (bicyclic) bond motifs is 1. The number of H-pyrrole nitrogens is 1. The van der Waals surface area contributed by atoms with Gasteiger partial charge in [0.2, 0.25) is 11.8 Å². The van der Waals surface area contributed by atoms with E-state index in [-0.39, 0.29) is 29.5 Å². The number of likely N-dealkylation sites (N-methyl/N-ethyl adjacent to an activating group) is 1. The van der Waals surface area contributed by atoms with Crippen molar-refractivity contribution in [3.8, 4) is 0 Å². The van der Waals surface area contributed by atoms with Crippen molar-refractivity contribution in [1.82, 2.24) is 15.2 Å². The van der Waals surface area contributed by atoms with Crippen molar-refractivity contribution < 1.29 is 23.6 Å². The predicted molar refractivity (Wildman–Crippen MR) is 163 cm³/mol. The first-order chi connectivity index (χ1) is 20.0. The van der Waals surface area contributed by atoms with Crippen LogP contribution in [-0.4, -0.2) is 53.0 Å². The number of nitrogens with two attached hydrogens (primary N) is 1. The third kappa shape index (κ3) is 9.11. The van der Waals surface area contributed by atoms with Gasteiger partial charge in [0.15, 0.2) is 0 Å². The number of nitrogens with zero attached hydrogens (tertiary/aromatic N) is 1. The van der Waals surface area contributed by atoms with Crippen molar-refractivity contribution in [2.24, 2.45) is 5.73 Å². The Kier molecular flexibility index (Phi) is 12.0. The topological polar surface area (TPSA) is 137 Å². The maximum Gasteiger partial charge on any atom is 0.256 e. The van der Waals surface area contributed by atoms with Crippen LogP contribution in [0.25, 0.3) is 11.6 Å². The quantitative estimate of drug-likeness (QED) is 0.224. The monoisotopic (exact) mass is 581 g/mol. The number of rotatable bonds is 11. The Morgan fingerprint density at radius 2 is 1.83 bits per heavy atom. The number of benzene rings is 1. The smallest absolute Gasteiger partial charge is 0.256 e. The molecule has 5 N–H and O–H groups in total. The van der Waals surface area contributed by atoms with Gasteiger partial charge in [-0.2, -0.15) is 0 Å². The van der Waals surface area contributed by atoms with E-state index in [2.05, 4.69) is 15.6 Å². The number of likely N-dealkylation sites (tertiary alicyclic amines) is 1. The first-order valence-electron chi connectivity index (χ1n) is 14.7. The number of halogens is 1. The van der Waals surface area contributed by atoms with Crippen molar-refractivity contribution in [2.45, 2.75) is 91.1 Å². The van der Waals surface area contributed by atoms with E-state index in [0.717, 1.165) is 67.6 Å². The fraction of sp³-hybridized carbons (Fsp3) is 0.500. The zero-order chi connectivity index (χ0) is 30.8. The maximum atomic E-state index is 13.7. The summed E-state index contributed by atoms with van der Waals surface area (Å²) in [5.41, 5.74) is 10.3. The average molecular weight is 582 g/mol. The van der Waals surface area contributed by atoms with E-state index in [1.54, 1.807) is 19.1 Å². The molecule has 42 heavy (non-hydrogen) atoms. The molecule has 2 aromatic rings. The number of carbonyl (C=O) groups is 4. The number of aromatic amines is 1. The summed E-state index contributed by atoms with van der Waals surface area (Å²) in [6.07, 6.45) is 9.65. The standard InChI is InChI=1S/C25H30FN3O3.C7H14N2O/c1-15(30)8-6-4-5-7-9-24(31)27-14-21-16(2)23(28-17(21)3)13-20-19-12-18(26)10-11-22(19)29-25(20)32;1-9-5-3-2-4-6(9)7(8)10/h10-13,28H,4-9,14H2,1-3H3,(H,27,31)(H,29,32);6H,2-5H2,1H3,(H2,8,10)/b20-13-;. The number of aromatic nitrogens is 1. The van der Waals surface area contributed by atoms with Gasteiger partial charge in [0, 0.05) is 42.0 Å². The van der Waals surface area contributed by atoms with Crippen LogP contribution < -0.4 is 16.4 Å². The van der Waals surface area contributed by atoms with Crippen LogP contribution in [0.1, 0.15) is 92.8 Å². The zero-order valence-electron chi connectivity index (χ0n) is 25.2. The lowest BCUT2D eigenvalue weighted by Gasteiger charge is -2.29. The number of hydrogen-bond acceptors (Lipinski definition) is 5. The van der Waals surface area contributed by atoms with Gasteiger partial charge < -0.3 is 26.1 Å². The molecule has 2 aliphatic rings. The Morgan fingerprint density at radius 1 is 1.12 bits per heavy atom. The molecule has 3 amide bonds. The van der Waals surface area contributed by atoms with Gasteiger partial charge in [-0.1, -0.05) is 19.3 Å². The van der Waals surface area contributed by atoms with Crippen LogP contribution in [0.4, 0.5) is 10.1 Å². The molecule has 9 nitrogen and oxygen atoms in total. The highest BCUT2D eigenvalue weighted by Gasteiger charge is 2.25. The Bertz CT molecular complexity index is 1330. The van der Waals surface area contributed by atoms with E-state index in [9.17, 15) is 23.6 Å². The van der Waals surface area contributed by atoms with E-state index in [1.165, 1.54) is 18.6 Å². The summed E-state index contributed by atoms with van der Waals surface area (Å²) in [6, 6.07) is 4.22. The number of nitrogens with one attached hydrogen (secondary N) is 3. The van der Waals surface area contributed by atoms with Crippen LogP contribution in [0.5, 0.6) is 0 Å². The van der Waals surface area contributed by atoms with Crippen LogP contribution in [0, 0.1) is 19.7 Å². The van der Waals surface area contributed by atoms with E-state index in [4.69, 9.17) is 5.73 Å². The van der Waals surface area contributed by atoms with E-state index < -0.39 is 5.82 Å². The molecule has 4 rings (SSSR count). The third-order valence-corrected chi connectivity index (χ3v) is 7.93. The fourth-order valence-corrected chi connectivity index (χ4v) is 5.40. The zero-order valence-corrected chi connectivity index (χ0v) is 25.2. The molecule has 0 bridgehead atoms. The summed E-state index contributed by atoms with van der Waals surface area (Å²) in [4.78, 5) is 51.6. The van der Waals surface area contributed by atoms with Gasteiger partial charge in [-0.3, -0.25) is 19.3 Å². The van der Waals surface area contributed by atoms with Crippen molar-refractivity contribution in [1.29, 1.82) is 0 Å². The van der Waals surface area contributed by atoms with Crippen molar-refractivity contribution in [3.05, 3.63) is 52.1 Å². The summed E-state index contributed by atoms with van der Waals surface area (Å²) in [6.45, 7) is 6.87. The second kappa shape index (κ2) is 15.4. The summed E-state index contributed by atoms with van der Waals surface area (Å²) >= 11 is 0. The van der Waals surface area contributed by atoms with Crippen LogP contribution in [-0.2, 0) is 25.7 Å². The lowest BCUT2D eigenvalue weighted by molar-refractivity contribution is -0.124. The van der Waals surface area contributed by atoms with E-state index in [1.807, 2.05) is 25.8 Å². The summed E-state index contributed by atoms with van der Waals surface area (Å²) in [7, 11) is 1.95. The second-order valence-electron chi connectivity index (χ2n) is 11.3. The van der Waals surface area contributed by atoms with Gasteiger partial charge in [0.25, 0.3) is 5.91 Å². The highest BCUT2D eigenvalue weighted by Crippen LogP contribution is 2.34. The molecule has 1 saturated heterocycles. The molecule has 0 aliphatic carbocycles. The van der Waals surface area contributed by atoms with Gasteiger partial charge in [-0.25, -0.2) is 4.39 Å². The Hall–Kier alpha value is -3.79. The second-order valence-corrected chi connectivity index (χ2v) is 11.3. The summed E-state index contributed by atoms with van der Waals surface area (Å²) in [5, 5.41) is 5.72. The maximum absolute atomic E-state index is 13.7. The number of anilines is 1. The van der Waals surface area contributed by atoms with Crippen LogP contribution in [0.15, 0.2) is 18.2 Å². The number of hydrogen-bond donors (Lipinski definition) is 4. The van der Waals surface area contributed by atoms with Gasteiger partial charge in [0.05, 0.1) is 11.6 Å². The number of carbonyl (C=O) groups excluding carboxylic acids is 4. The predicted octanol–water partition coefficient (Wildman–Crippen LogP) is 4.77. The van der Waals surface area contributed by atoms with Crippen molar-refractivity contribution in [3.63, 3.8) is 0 Å². The number of Topliss-reactive ketones (excluding diaryl/α,β-unsaturated/α-hetero) is 1. The van der Waals surface area contributed by atoms with Gasteiger partial charge in [-0.15, -0.1) is 0 Å². The van der Waals surface area contributed by atoms with Gasteiger partial charge >= 0.3 is 0 Å². The molecule has 3 heterocycles. The highest BCUT2D eigenvalue weighted by molar-refractivity contribution is 6.34. The van der Waals surface area contributed by atoms with E-state index in [0.29, 0.717) is 36.2 Å². The first-order valence-corrected chi connectivity index (χ1v) is 14.7. The summed E-state index contributed by atoms with van der Waals surface area (Å²) < 4.78 is 13.7. The largest absolute Gasteiger partial charge is 0.368 e. The summed E-state index contributed by atoms with van der Waals surface area (Å²) in [5.74, 6) is -0.638. The Morgan fingerprint density at radius 3 is 2.48 bits per heavy atom. The molecule has 0 radical (unpaired) electrons. The first kappa shape index (κ1) is 32.7. The molecule has 1 aromatic heterocycles. The number of unbranched alkanes of at least 4 members (excludes halogenated alkanes) is 3. The van der Waals surface area contributed by atoms with Gasteiger partial charge in [-0.05, 0) is 95.4 Å². The molecule has 1 unspecified atom stereocenters. The lowest BCUT2D eigenvalue weighted by Crippen LogP contribution is -2.45. The molecule has 10 heteroatoms. The molecule has 1 atom stereocenters. The number of piperidine rings is 1. The van der Waals surface area contributed by atoms with Crippen LogP contribution >= 0.6 is 0 Å². The third-order valence-electron chi connectivity index (χ3n) is 7.93. The van der Waals surface area contributed by atoms with Crippen molar-refractivity contribution in [2.75, 3.05) is 18.9 Å². The minimum absolute atomic E-state index is 0.00366. The molecule has 1 fully saturated rings. The SMILES string of the molecule is CC(=O)CCCCCCC(=O)NCc1c(C)[nH]c(/C=C2\C(=O)Nc3ccc(F)cc32)c1C.CN1CCCCC1C(N)=O. The molecule has 0 saturated carbocycles. The molecular weight excluding hydrogens is 537 g/mol. The van der Waals surface area contributed by atoms with E-state index >= 15 is 0 Å². The van der Waals surface area contributed by atoms with Crippen LogP contribution in [0.3, 0.4) is 0 Å². The van der Waals surface area contributed by atoms with Gasteiger partial charge in [0.1, 0.15) is 11.6 Å². The fourth-order valence-electron chi connectivity index (χ4n) is 5.40. The Balaban J connectivity index is 0.000000408. The average Bonchev–Trinajstić information content (AvgIpc) is 3.38.